The van der Waals surface area contributed by atoms with Crippen LogP contribution in [0, 0.1) is 6.92 Å². The lowest BCUT2D eigenvalue weighted by atomic mass is 10.1. The van der Waals surface area contributed by atoms with Gasteiger partial charge in [-0.15, -0.1) is 0 Å². The summed E-state index contributed by atoms with van der Waals surface area (Å²) < 4.78 is 6.62. The van der Waals surface area contributed by atoms with Gasteiger partial charge in [0.25, 0.3) is 5.56 Å². The van der Waals surface area contributed by atoms with Crippen molar-refractivity contribution in [3.63, 3.8) is 0 Å². The van der Waals surface area contributed by atoms with Crippen LogP contribution >= 0.6 is 0 Å². The molecule has 5 heterocycles. The van der Waals surface area contributed by atoms with Crippen LogP contribution in [0.1, 0.15) is 22.6 Å². The van der Waals surface area contributed by atoms with E-state index < -0.39 is 0 Å². The summed E-state index contributed by atoms with van der Waals surface area (Å²) in [5.74, 6) is 0.718. The fourth-order valence-corrected chi connectivity index (χ4v) is 3.55. The minimum Gasteiger partial charge on any atom is -0.361 e. The molecule has 1 aliphatic heterocycles. The Morgan fingerprint density at radius 3 is 2.89 bits per heavy atom. The molecule has 5 rings (SSSR count). The molecular formula is C19H18N6O2. The second kappa shape index (κ2) is 6.17. The monoisotopic (exact) mass is 362 g/mol. The molecular weight excluding hydrogens is 344 g/mol. The topological polar surface area (TPSA) is 92.3 Å². The van der Waals surface area contributed by atoms with Crippen LogP contribution in [0.15, 0.2) is 46.0 Å². The Balaban J connectivity index is 1.49. The predicted molar refractivity (Wildman–Crippen MR) is 98.1 cm³/mol. The molecule has 4 aromatic rings. The fraction of sp³-hybridized carbons (Fsp3) is 0.263. The maximum Gasteiger partial charge on any atom is 0.276 e. The maximum absolute atomic E-state index is 12.9. The first kappa shape index (κ1) is 16.0. The van der Waals surface area contributed by atoms with Crippen LogP contribution < -0.4 is 5.56 Å². The van der Waals surface area contributed by atoms with E-state index in [4.69, 9.17) is 9.51 Å². The van der Waals surface area contributed by atoms with Crippen molar-refractivity contribution in [1.82, 2.24) is 29.6 Å². The van der Waals surface area contributed by atoms with Crippen molar-refractivity contribution < 1.29 is 4.52 Å². The average Bonchev–Trinajstić information content (AvgIpc) is 3.29. The highest BCUT2D eigenvalue weighted by atomic mass is 16.5. The van der Waals surface area contributed by atoms with Crippen LogP contribution in [0.3, 0.4) is 0 Å². The van der Waals surface area contributed by atoms with Gasteiger partial charge in [-0.3, -0.25) is 19.8 Å². The van der Waals surface area contributed by atoms with Gasteiger partial charge in [-0.1, -0.05) is 5.16 Å². The number of nitrogens with one attached hydrogen (secondary N) is 1. The lowest BCUT2D eigenvalue weighted by molar-refractivity contribution is 0.240. The van der Waals surface area contributed by atoms with Crippen LogP contribution in [-0.2, 0) is 19.5 Å². The van der Waals surface area contributed by atoms with Crippen LogP contribution in [0.4, 0.5) is 0 Å². The molecule has 0 radical (unpaired) electrons. The molecule has 0 fully saturated rings. The maximum atomic E-state index is 12.9. The molecule has 0 bridgehead atoms. The average molecular weight is 362 g/mol. The predicted octanol–water partition coefficient (Wildman–Crippen LogP) is 1.94. The molecule has 8 heteroatoms. The number of aryl methyl sites for hydroxylation is 1. The molecule has 0 spiro atoms. The van der Waals surface area contributed by atoms with Gasteiger partial charge in [0.05, 0.1) is 11.4 Å². The number of hydrogen-bond donors (Lipinski definition) is 1. The van der Waals surface area contributed by atoms with Crippen molar-refractivity contribution in [2.75, 3.05) is 6.54 Å². The first-order chi connectivity index (χ1) is 13.2. The third-order valence-corrected chi connectivity index (χ3v) is 4.90. The van der Waals surface area contributed by atoms with Gasteiger partial charge in [0.1, 0.15) is 11.5 Å². The Bertz CT molecular complexity index is 1170. The van der Waals surface area contributed by atoms with E-state index in [0.29, 0.717) is 30.0 Å². The van der Waals surface area contributed by atoms with Gasteiger partial charge in [0, 0.05) is 49.7 Å². The zero-order valence-electron chi connectivity index (χ0n) is 14.8. The Hall–Kier alpha value is -3.26. The van der Waals surface area contributed by atoms with E-state index in [1.807, 2.05) is 31.2 Å². The fourth-order valence-electron chi connectivity index (χ4n) is 3.55. The second-order valence-corrected chi connectivity index (χ2v) is 6.84. The minimum absolute atomic E-state index is 0.0370. The Kier molecular flexibility index (Phi) is 3.64. The molecule has 1 aliphatic rings. The number of hydrogen-bond acceptors (Lipinski definition) is 6. The highest BCUT2D eigenvalue weighted by Crippen LogP contribution is 2.21. The summed E-state index contributed by atoms with van der Waals surface area (Å²) in [6.45, 7) is 4.14. The zero-order valence-corrected chi connectivity index (χ0v) is 14.8. The molecule has 0 saturated carbocycles. The number of fused-ring (bicyclic) bond motifs is 2. The quantitative estimate of drug-likeness (QED) is 0.599. The molecule has 0 saturated heterocycles. The van der Waals surface area contributed by atoms with Gasteiger partial charge in [0.15, 0.2) is 5.65 Å². The molecule has 1 N–H and O–H groups in total. The molecule has 0 unspecified atom stereocenters. The normalized spacial score (nSPS) is 14.6. The number of nitrogens with zero attached hydrogens (tertiary/aromatic N) is 5. The summed E-state index contributed by atoms with van der Waals surface area (Å²) in [5, 5.41) is 7.10. The molecule has 0 atom stereocenters. The van der Waals surface area contributed by atoms with Crippen molar-refractivity contribution in [1.29, 1.82) is 0 Å². The minimum atomic E-state index is -0.0370. The van der Waals surface area contributed by atoms with Gasteiger partial charge in [-0.05, 0) is 31.0 Å². The van der Waals surface area contributed by atoms with Crippen LogP contribution in [0.2, 0.25) is 0 Å². The molecule has 27 heavy (non-hydrogen) atoms. The largest absolute Gasteiger partial charge is 0.361 e. The SMILES string of the molecule is Cc1cc(-c2cc3nc4c(c(=O)n3[nH]2)CCN(Cc2ccncc2)C4)no1. The van der Waals surface area contributed by atoms with E-state index in [0.717, 1.165) is 30.1 Å². The van der Waals surface area contributed by atoms with Crippen molar-refractivity contribution in [2.24, 2.45) is 0 Å². The number of aromatic amines is 1. The van der Waals surface area contributed by atoms with Crippen molar-refractivity contribution in [3.8, 4) is 11.4 Å². The summed E-state index contributed by atoms with van der Waals surface area (Å²) in [6.07, 6.45) is 4.29. The Labute approximate surface area is 154 Å². The third kappa shape index (κ3) is 2.83. The number of aromatic nitrogens is 5. The molecule has 8 nitrogen and oxygen atoms in total. The molecule has 0 aromatic carbocycles. The summed E-state index contributed by atoms with van der Waals surface area (Å²) in [4.78, 5) is 24.0. The van der Waals surface area contributed by atoms with E-state index in [-0.39, 0.29) is 5.56 Å². The van der Waals surface area contributed by atoms with Gasteiger partial charge in [-0.2, -0.15) is 0 Å². The van der Waals surface area contributed by atoms with Crippen molar-refractivity contribution in [2.45, 2.75) is 26.4 Å². The lowest BCUT2D eigenvalue weighted by Crippen LogP contribution is -2.35. The molecule has 0 aliphatic carbocycles. The highest BCUT2D eigenvalue weighted by molar-refractivity contribution is 5.60. The Morgan fingerprint density at radius 1 is 1.26 bits per heavy atom. The van der Waals surface area contributed by atoms with E-state index in [1.165, 1.54) is 10.1 Å². The van der Waals surface area contributed by atoms with Crippen LogP contribution in [0.25, 0.3) is 17.0 Å². The molecule has 4 aromatic heterocycles. The van der Waals surface area contributed by atoms with E-state index in [9.17, 15) is 4.79 Å². The van der Waals surface area contributed by atoms with E-state index in [1.54, 1.807) is 12.4 Å². The molecule has 136 valence electrons. The van der Waals surface area contributed by atoms with Crippen LogP contribution in [0.5, 0.6) is 0 Å². The van der Waals surface area contributed by atoms with Crippen molar-refractivity contribution in [3.05, 3.63) is 69.6 Å². The molecule has 0 amide bonds. The lowest BCUT2D eigenvalue weighted by Gasteiger charge is -2.27. The van der Waals surface area contributed by atoms with Crippen LogP contribution in [-0.4, -0.2) is 36.2 Å². The summed E-state index contributed by atoms with van der Waals surface area (Å²) >= 11 is 0. The first-order valence-electron chi connectivity index (χ1n) is 8.86. The number of rotatable bonds is 3. The van der Waals surface area contributed by atoms with Gasteiger partial charge < -0.3 is 4.52 Å². The van der Waals surface area contributed by atoms with Gasteiger partial charge in [-0.25, -0.2) is 9.50 Å². The van der Waals surface area contributed by atoms with Crippen molar-refractivity contribution >= 4 is 5.65 Å². The number of H-pyrrole nitrogens is 1. The smallest absolute Gasteiger partial charge is 0.276 e. The van der Waals surface area contributed by atoms with Gasteiger partial charge in [0.2, 0.25) is 0 Å². The zero-order chi connectivity index (χ0) is 18.4. The summed E-state index contributed by atoms with van der Waals surface area (Å²) in [6, 6.07) is 7.69. The van der Waals surface area contributed by atoms with E-state index >= 15 is 0 Å². The summed E-state index contributed by atoms with van der Waals surface area (Å²) in [7, 11) is 0. The Morgan fingerprint density at radius 2 is 2.11 bits per heavy atom. The highest BCUT2D eigenvalue weighted by Gasteiger charge is 2.23. The van der Waals surface area contributed by atoms with E-state index in [2.05, 4.69) is 20.1 Å². The van der Waals surface area contributed by atoms with Gasteiger partial charge >= 0.3 is 0 Å². The third-order valence-electron chi connectivity index (χ3n) is 4.90. The second-order valence-electron chi connectivity index (χ2n) is 6.84. The summed E-state index contributed by atoms with van der Waals surface area (Å²) in [5.41, 5.74) is 4.77. The first-order valence-corrected chi connectivity index (χ1v) is 8.86. The standard InChI is InChI=1S/C19H18N6O2/c1-12-8-16(23-27-12)15-9-18-21-17-11-24(10-13-2-5-20-6-3-13)7-4-14(17)19(26)25(18)22-15/h2-3,5-6,8-9,22H,4,7,10-11H2,1H3. The number of pyridine rings is 1.